The molecule has 0 fully saturated rings. The standard InChI is InChI=1S/C25H22F3N3O3S/c1-17-13-14-31(16-29-17)22-12-11-18(15-23(22)34-2)30-35(32,33)24-10-6-4-8-20(24)19-7-3-5-9-21(19)25(26,27)28/h3-13,15-16,30H,14H2,1-2H3. The number of nitrogens with one attached hydrogen (secondary N) is 1. The van der Waals surface area contributed by atoms with E-state index in [0.717, 1.165) is 11.8 Å². The van der Waals surface area contributed by atoms with Gasteiger partial charge in [0.2, 0.25) is 0 Å². The number of aliphatic imine (C=N–C) groups is 1. The first-order valence-electron chi connectivity index (χ1n) is 10.5. The molecule has 0 radical (unpaired) electrons. The zero-order chi connectivity index (χ0) is 25.2. The molecule has 35 heavy (non-hydrogen) atoms. The van der Waals surface area contributed by atoms with E-state index < -0.39 is 21.8 Å². The maximum atomic E-state index is 13.6. The van der Waals surface area contributed by atoms with E-state index in [9.17, 15) is 21.6 Å². The maximum absolute atomic E-state index is 13.6. The van der Waals surface area contributed by atoms with Crippen molar-refractivity contribution in [2.24, 2.45) is 4.99 Å². The smallest absolute Gasteiger partial charge is 0.417 e. The first kappa shape index (κ1) is 24.3. The van der Waals surface area contributed by atoms with Gasteiger partial charge in [-0.15, -0.1) is 0 Å². The van der Waals surface area contributed by atoms with Crippen molar-refractivity contribution in [3.8, 4) is 16.9 Å². The molecule has 0 bridgehead atoms. The molecule has 0 amide bonds. The highest BCUT2D eigenvalue weighted by Crippen LogP contribution is 2.39. The lowest BCUT2D eigenvalue weighted by Crippen LogP contribution is -2.24. The monoisotopic (exact) mass is 501 g/mol. The number of hydrogen-bond acceptors (Lipinski definition) is 5. The van der Waals surface area contributed by atoms with Crippen molar-refractivity contribution in [2.45, 2.75) is 18.0 Å². The minimum Gasteiger partial charge on any atom is -0.494 e. The van der Waals surface area contributed by atoms with Crippen LogP contribution in [-0.4, -0.2) is 28.4 Å². The third kappa shape index (κ3) is 5.17. The Balaban J connectivity index is 1.70. The number of halogens is 3. The minimum absolute atomic E-state index is 0.0526. The van der Waals surface area contributed by atoms with Crippen LogP contribution < -0.4 is 14.4 Å². The lowest BCUT2D eigenvalue weighted by molar-refractivity contribution is -0.137. The topological polar surface area (TPSA) is 71.0 Å². The van der Waals surface area contributed by atoms with Crippen molar-refractivity contribution < 1.29 is 26.3 Å². The fourth-order valence-electron chi connectivity index (χ4n) is 3.73. The Hall–Kier alpha value is -3.79. The van der Waals surface area contributed by atoms with Crippen LogP contribution in [0.5, 0.6) is 5.75 Å². The van der Waals surface area contributed by atoms with Crippen molar-refractivity contribution in [2.75, 3.05) is 23.3 Å². The molecule has 0 aliphatic carbocycles. The van der Waals surface area contributed by atoms with Crippen LogP contribution in [0.1, 0.15) is 12.5 Å². The normalized spacial score (nSPS) is 14.0. The van der Waals surface area contributed by atoms with Crippen molar-refractivity contribution in [1.82, 2.24) is 0 Å². The van der Waals surface area contributed by atoms with Gasteiger partial charge in [0.15, 0.2) is 0 Å². The predicted octanol–water partition coefficient (Wildman–Crippen LogP) is 5.93. The third-order valence-corrected chi connectivity index (χ3v) is 6.86. The fraction of sp³-hybridized carbons (Fsp3) is 0.160. The molecule has 1 N–H and O–H groups in total. The third-order valence-electron chi connectivity index (χ3n) is 5.42. The molecule has 0 saturated carbocycles. The van der Waals surface area contributed by atoms with Crippen molar-refractivity contribution >= 4 is 27.7 Å². The zero-order valence-electron chi connectivity index (χ0n) is 18.9. The second-order valence-electron chi connectivity index (χ2n) is 7.77. The fourth-order valence-corrected chi connectivity index (χ4v) is 5.00. The van der Waals surface area contributed by atoms with Crippen LogP contribution in [0.25, 0.3) is 11.1 Å². The van der Waals surface area contributed by atoms with Gasteiger partial charge in [-0.05, 0) is 42.8 Å². The first-order chi connectivity index (χ1) is 16.6. The first-order valence-corrected chi connectivity index (χ1v) is 12.0. The number of alkyl halides is 3. The average molecular weight is 502 g/mol. The van der Waals surface area contributed by atoms with E-state index in [1.54, 1.807) is 18.5 Å². The zero-order valence-corrected chi connectivity index (χ0v) is 19.7. The number of benzene rings is 3. The average Bonchev–Trinajstić information content (AvgIpc) is 2.84. The van der Waals surface area contributed by atoms with E-state index in [-0.39, 0.29) is 21.7 Å². The highest BCUT2D eigenvalue weighted by Gasteiger charge is 2.34. The van der Waals surface area contributed by atoms with Crippen molar-refractivity contribution in [1.29, 1.82) is 0 Å². The summed E-state index contributed by atoms with van der Waals surface area (Å²) in [4.78, 5) is 5.83. The molecular weight excluding hydrogens is 479 g/mol. The van der Waals surface area contributed by atoms with Gasteiger partial charge in [-0.25, -0.2) is 13.4 Å². The summed E-state index contributed by atoms with van der Waals surface area (Å²) in [5, 5.41) is 0. The second kappa shape index (κ2) is 9.46. The van der Waals surface area contributed by atoms with Crippen molar-refractivity contribution in [3.05, 3.63) is 84.1 Å². The van der Waals surface area contributed by atoms with Gasteiger partial charge in [-0.3, -0.25) is 4.72 Å². The Labute approximate surface area is 201 Å². The Bertz CT molecular complexity index is 1420. The number of nitrogens with zero attached hydrogens (tertiary/aromatic N) is 2. The van der Waals surface area contributed by atoms with E-state index in [1.807, 2.05) is 17.9 Å². The van der Waals surface area contributed by atoms with Gasteiger partial charge < -0.3 is 9.64 Å². The van der Waals surface area contributed by atoms with Crippen LogP contribution in [0.3, 0.4) is 0 Å². The highest BCUT2D eigenvalue weighted by atomic mass is 32.2. The molecule has 1 aliphatic rings. The number of hydrogen-bond donors (Lipinski definition) is 1. The van der Waals surface area contributed by atoms with Crippen LogP contribution in [0, 0.1) is 0 Å². The molecule has 0 atom stereocenters. The summed E-state index contributed by atoms with van der Waals surface area (Å²) < 4.78 is 75.4. The van der Waals surface area contributed by atoms with Gasteiger partial charge in [0, 0.05) is 23.9 Å². The molecule has 3 aromatic rings. The molecule has 1 aliphatic heterocycles. The molecule has 0 unspecified atom stereocenters. The minimum atomic E-state index is -4.64. The van der Waals surface area contributed by atoms with E-state index in [2.05, 4.69) is 9.71 Å². The SMILES string of the molecule is COc1cc(NS(=O)(=O)c2ccccc2-c2ccccc2C(F)(F)F)ccc1N1C=NC(C)=CC1. The summed E-state index contributed by atoms with van der Waals surface area (Å²) in [6.45, 7) is 2.46. The second-order valence-corrected chi connectivity index (χ2v) is 9.42. The molecular formula is C25H22F3N3O3S. The van der Waals surface area contributed by atoms with Crippen molar-refractivity contribution in [3.63, 3.8) is 0 Å². The Morgan fingerprint density at radius 3 is 2.34 bits per heavy atom. The lowest BCUT2D eigenvalue weighted by atomic mass is 9.99. The van der Waals surface area contributed by atoms with Crippen LogP contribution >= 0.6 is 0 Å². The number of allylic oxidation sites excluding steroid dienone is 1. The van der Waals surface area contributed by atoms with Gasteiger partial charge in [0.1, 0.15) is 5.75 Å². The summed E-state index contributed by atoms with van der Waals surface area (Å²) >= 11 is 0. The summed E-state index contributed by atoms with van der Waals surface area (Å²) in [5.41, 5.74) is 0.578. The van der Waals surface area contributed by atoms with Gasteiger partial charge in [-0.1, -0.05) is 36.4 Å². The van der Waals surface area contributed by atoms with Gasteiger partial charge >= 0.3 is 6.18 Å². The van der Waals surface area contributed by atoms with Crippen LogP contribution in [0.15, 0.2) is 88.4 Å². The highest BCUT2D eigenvalue weighted by molar-refractivity contribution is 7.92. The number of sulfonamides is 1. The molecule has 10 heteroatoms. The van der Waals surface area contributed by atoms with Crippen LogP contribution in [0.2, 0.25) is 0 Å². The van der Waals surface area contributed by atoms with E-state index in [1.165, 1.54) is 55.6 Å². The van der Waals surface area contributed by atoms with E-state index >= 15 is 0 Å². The maximum Gasteiger partial charge on any atom is 0.417 e. The molecule has 0 aromatic heterocycles. The molecule has 182 valence electrons. The molecule has 0 spiro atoms. The molecule has 3 aromatic carbocycles. The summed E-state index contributed by atoms with van der Waals surface area (Å²) in [7, 11) is -2.79. The molecule has 6 nitrogen and oxygen atoms in total. The number of rotatable bonds is 6. The van der Waals surface area contributed by atoms with Gasteiger partial charge in [0.25, 0.3) is 10.0 Å². The molecule has 1 heterocycles. The van der Waals surface area contributed by atoms with Gasteiger partial charge in [0.05, 0.1) is 35.3 Å². The quantitative estimate of drug-likeness (QED) is 0.454. The van der Waals surface area contributed by atoms with Gasteiger partial charge in [-0.2, -0.15) is 13.2 Å². The predicted molar refractivity (Wildman–Crippen MR) is 130 cm³/mol. The summed E-state index contributed by atoms with van der Waals surface area (Å²) in [6.07, 6.45) is -1.05. The van der Waals surface area contributed by atoms with Crippen LogP contribution in [-0.2, 0) is 16.2 Å². The van der Waals surface area contributed by atoms with E-state index in [4.69, 9.17) is 4.74 Å². The molecule has 4 rings (SSSR count). The van der Waals surface area contributed by atoms with Crippen LogP contribution in [0.4, 0.5) is 24.5 Å². The largest absolute Gasteiger partial charge is 0.494 e. The number of anilines is 2. The number of methoxy groups -OCH3 is 1. The Kier molecular flexibility index (Phi) is 6.58. The number of ether oxygens (including phenoxy) is 1. The summed E-state index contributed by atoms with van der Waals surface area (Å²) in [5.74, 6) is 0.403. The Morgan fingerprint density at radius 2 is 1.69 bits per heavy atom. The lowest BCUT2D eigenvalue weighted by Gasteiger charge is -2.23. The van der Waals surface area contributed by atoms with E-state index in [0.29, 0.717) is 18.0 Å². The molecule has 0 saturated heterocycles. The Morgan fingerprint density at radius 1 is 1.00 bits per heavy atom. The summed E-state index contributed by atoms with van der Waals surface area (Å²) in [6, 6.07) is 15.2.